The van der Waals surface area contributed by atoms with Crippen molar-refractivity contribution in [3.8, 4) is 0 Å². The van der Waals surface area contributed by atoms with Crippen LogP contribution in [-0.4, -0.2) is 33.4 Å². The summed E-state index contributed by atoms with van der Waals surface area (Å²) in [6.07, 6.45) is 1.65. The van der Waals surface area contributed by atoms with Crippen LogP contribution in [0.15, 0.2) is 0 Å². The fourth-order valence-corrected chi connectivity index (χ4v) is 0.296. The fraction of sp³-hybridized carbons (Fsp3) is 0.800. The van der Waals surface area contributed by atoms with Crippen LogP contribution >= 0.6 is 0 Å². The van der Waals surface area contributed by atoms with E-state index in [1.807, 2.05) is 13.7 Å². The second kappa shape index (κ2) is 6.69. The Balaban J connectivity index is 2.72. The average Bonchev–Trinajstić information content (AvgIpc) is 1.81. The van der Waals surface area contributed by atoms with Crippen LogP contribution in [0.3, 0.4) is 0 Å². The van der Waals surface area contributed by atoms with Crippen LogP contribution < -0.4 is 0 Å². The van der Waals surface area contributed by atoms with Crippen molar-refractivity contribution in [2.75, 3.05) is 20.3 Å². The second-order valence-electron chi connectivity index (χ2n) is 1.33. The van der Waals surface area contributed by atoms with Gasteiger partial charge < -0.3 is 0 Å². The summed E-state index contributed by atoms with van der Waals surface area (Å²) in [6.45, 7) is 5.05. The summed E-state index contributed by atoms with van der Waals surface area (Å²) in [4.78, 5) is 0. The summed E-state index contributed by atoms with van der Waals surface area (Å²) in [6, 6.07) is 0. The Morgan fingerprint density at radius 3 is 2.75 bits per heavy atom. The van der Waals surface area contributed by atoms with Gasteiger partial charge in [-0.15, -0.1) is 0 Å². The van der Waals surface area contributed by atoms with Gasteiger partial charge in [0.05, 0.1) is 0 Å². The Bertz CT molecular complexity index is 63.4. The van der Waals surface area contributed by atoms with Gasteiger partial charge in [0.2, 0.25) is 0 Å². The van der Waals surface area contributed by atoms with Gasteiger partial charge in [0.15, 0.2) is 0 Å². The molecule has 0 fully saturated rings. The van der Waals surface area contributed by atoms with E-state index >= 15 is 0 Å². The van der Waals surface area contributed by atoms with Gasteiger partial charge in [0.25, 0.3) is 0 Å². The van der Waals surface area contributed by atoms with E-state index in [0.717, 1.165) is 0 Å². The van der Waals surface area contributed by atoms with Crippen molar-refractivity contribution in [2.24, 2.45) is 0 Å². The van der Waals surface area contributed by atoms with Crippen molar-refractivity contribution in [1.29, 1.82) is 0 Å². The van der Waals surface area contributed by atoms with Gasteiger partial charge in [-0.25, -0.2) is 0 Å². The van der Waals surface area contributed by atoms with Crippen LogP contribution in [0.1, 0.15) is 0 Å². The van der Waals surface area contributed by atoms with Gasteiger partial charge in [-0.3, -0.25) is 0 Å². The molecule has 2 nitrogen and oxygen atoms in total. The molecule has 0 spiro atoms. The zero-order valence-corrected chi connectivity index (χ0v) is 5.39. The molecule has 0 unspecified atom stereocenters. The van der Waals surface area contributed by atoms with Crippen molar-refractivity contribution in [2.45, 2.75) is 6.82 Å². The predicted octanol–water partition coefficient (Wildman–Crippen LogP) is 0.161. The number of methoxy groups -OCH3 is 1. The molecule has 0 aromatic heterocycles. The molecule has 0 N–H and O–H groups in total. The molecule has 0 aromatic carbocycles. The summed E-state index contributed by atoms with van der Waals surface area (Å²) in [5, 5.41) is 0. The Labute approximate surface area is 50.7 Å². The molecule has 0 radical (unpaired) electrons. The molecular formula is C5H11BO2. The molecule has 0 rings (SSSR count). The quantitative estimate of drug-likeness (QED) is 0.382. The van der Waals surface area contributed by atoms with Gasteiger partial charge in [-0.05, 0) is 0 Å². The van der Waals surface area contributed by atoms with Crippen LogP contribution in [0.25, 0.3) is 0 Å². The minimum atomic E-state index is 0.640. The molecule has 0 aliphatic rings. The van der Waals surface area contributed by atoms with Crippen LogP contribution in [0.2, 0.25) is 6.82 Å². The Kier molecular flexibility index (Phi) is 6.44. The van der Waals surface area contributed by atoms with Gasteiger partial charge >= 0.3 is 49.7 Å². The van der Waals surface area contributed by atoms with Gasteiger partial charge in [-0.1, -0.05) is 0 Å². The van der Waals surface area contributed by atoms with E-state index in [4.69, 9.17) is 9.47 Å². The molecule has 0 aromatic rings. The minimum absolute atomic E-state index is 0.640. The van der Waals surface area contributed by atoms with Gasteiger partial charge in [0.1, 0.15) is 0 Å². The molecule has 0 saturated carbocycles. The molecule has 46 valence electrons. The first-order valence-corrected chi connectivity index (χ1v) is 2.63. The van der Waals surface area contributed by atoms with Crippen molar-refractivity contribution in [3.05, 3.63) is 0 Å². The molecule has 0 atom stereocenters. The van der Waals surface area contributed by atoms with Gasteiger partial charge in [0, 0.05) is 0 Å². The SMILES string of the molecule is C/B=C/OCCOC. The van der Waals surface area contributed by atoms with Crippen LogP contribution in [0.5, 0.6) is 0 Å². The summed E-state index contributed by atoms with van der Waals surface area (Å²) in [5.41, 5.74) is 0. The molecule has 0 amide bonds. The van der Waals surface area contributed by atoms with E-state index < -0.39 is 0 Å². The van der Waals surface area contributed by atoms with E-state index in [1.54, 1.807) is 13.3 Å². The van der Waals surface area contributed by atoms with Crippen molar-refractivity contribution in [3.63, 3.8) is 0 Å². The third-order valence-electron chi connectivity index (χ3n) is 0.638. The topological polar surface area (TPSA) is 18.5 Å². The maximum atomic E-state index is 4.92. The average molecular weight is 114 g/mol. The van der Waals surface area contributed by atoms with Crippen molar-refractivity contribution < 1.29 is 9.47 Å². The molecule has 3 heteroatoms. The zero-order chi connectivity index (χ0) is 6.24. The second-order valence-corrected chi connectivity index (χ2v) is 1.33. The number of hydrogen-bond donors (Lipinski definition) is 0. The summed E-state index contributed by atoms with van der Waals surface area (Å²) < 4.78 is 9.65. The predicted molar refractivity (Wildman–Crippen MR) is 35.5 cm³/mol. The Hall–Kier alpha value is -0.305. The van der Waals surface area contributed by atoms with E-state index in [0.29, 0.717) is 13.2 Å². The molecule has 0 saturated heterocycles. The summed E-state index contributed by atoms with van der Waals surface area (Å²) in [7, 11) is 1.65. The zero-order valence-electron chi connectivity index (χ0n) is 5.39. The van der Waals surface area contributed by atoms with Crippen LogP contribution in [0.4, 0.5) is 0 Å². The monoisotopic (exact) mass is 114 g/mol. The molecule has 0 bridgehead atoms. The molecule has 0 heterocycles. The third kappa shape index (κ3) is 5.69. The molecule has 0 aliphatic carbocycles. The first-order valence-electron chi connectivity index (χ1n) is 2.63. The van der Waals surface area contributed by atoms with Crippen LogP contribution in [-0.2, 0) is 9.47 Å². The molecule has 8 heavy (non-hydrogen) atoms. The first-order chi connectivity index (χ1) is 3.91. The fourth-order valence-electron chi connectivity index (χ4n) is 0.296. The number of hydrogen-bond acceptors (Lipinski definition) is 2. The van der Waals surface area contributed by atoms with E-state index in [1.165, 1.54) is 0 Å². The summed E-state index contributed by atoms with van der Waals surface area (Å²) >= 11 is 0. The van der Waals surface area contributed by atoms with E-state index in [-0.39, 0.29) is 0 Å². The first kappa shape index (κ1) is 7.69. The van der Waals surface area contributed by atoms with Crippen molar-refractivity contribution in [1.82, 2.24) is 0 Å². The standard InChI is InChI=1S/C5H11BO2/c1-6-5-8-4-3-7-2/h5H,3-4H2,1-2H3. The Morgan fingerprint density at radius 2 is 2.25 bits per heavy atom. The Morgan fingerprint density at radius 1 is 1.50 bits per heavy atom. The van der Waals surface area contributed by atoms with Crippen LogP contribution in [0, 0.1) is 0 Å². The van der Waals surface area contributed by atoms with Gasteiger partial charge in [-0.2, -0.15) is 0 Å². The van der Waals surface area contributed by atoms with Crippen molar-refractivity contribution >= 4 is 13.1 Å². The maximum absolute atomic E-state index is 4.92. The number of ether oxygens (including phenoxy) is 2. The third-order valence-corrected chi connectivity index (χ3v) is 0.638. The van der Waals surface area contributed by atoms with E-state index in [9.17, 15) is 0 Å². The van der Waals surface area contributed by atoms with E-state index in [2.05, 4.69) is 0 Å². The number of rotatable bonds is 4. The molecule has 0 aliphatic heterocycles. The molecular weight excluding hydrogens is 103 g/mol. The summed E-state index contributed by atoms with van der Waals surface area (Å²) in [5.74, 6) is 0. The normalized spacial score (nSPS) is 9.25.